The van der Waals surface area contributed by atoms with Gasteiger partial charge in [-0.3, -0.25) is 0 Å². The minimum Gasteiger partial charge on any atom is -0.187 e. The SMILES string of the molecule is CC[P+](C)(C)N(C)C. The fourth-order valence-corrected chi connectivity index (χ4v) is 0.849. The molecule has 8 heavy (non-hydrogen) atoms. The highest BCUT2D eigenvalue weighted by Crippen LogP contribution is 2.51. The van der Waals surface area contributed by atoms with Crippen molar-refractivity contribution in [3.8, 4) is 0 Å². The van der Waals surface area contributed by atoms with Crippen molar-refractivity contribution < 1.29 is 0 Å². The first-order valence-electron chi connectivity index (χ1n) is 3.01. The normalized spacial score (nSPS) is 12.8. The molecule has 0 atom stereocenters. The average molecular weight is 134 g/mol. The van der Waals surface area contributed by atoms with Crippen LogP contribution in [0, 0.1) is 0 Å². The highest BCUT2D eigenvalue weighted by Gasteiger charge is 2.24. The lowest BCUT2D eigenvalue weighted by molar-refractivity contribution is 0.666. The molecule has 0 amide bonds. The van der Waals surface area contributed by atoms with Crippen molar-refractivity contribution in [1.29, 1.82) is 0 Å². The van der Waals surface area contributed by atoms with Crippen LogP contribution in [0.25, 0.3) is 0 Å². The van der Waals surface area contributed by atoms with Crippen molar-refractivity contribution in [3.05, 3.63) is 0 Å². The van der Waals surface area contributed by atoms with Gasteiger partial charge in [-0.1, -0.05) is 0 Å². The second-order valence-corrected chi connectivity index (χ2v) is 7.46. The maximum absolute atomic E-state index is 2.35. The third-order valence-corrected chi connectivity index (χ3v) is 5.57. The van der Waals surface area contributed by atoms with Crippen LogP contribution in [0.3, 0.4) is 0 Å². The van der Waals surface area contributed by atoms with E-state index in [4.69, 9.17) is 0 Å². The molecule has 0 unspecified atom stereocenters. The van der Waals surface area contributed by atoms with Crippen LogP contribution in [0.4, 0.5) is 0 Å². The molecule has 0 N–H and O–H groups in total. The van der Waals surface area contributed by atoms with Gasteiger partial charge in [0.1, 0.15) is 0 Å². The molecule has 0 saturated heterocycles. The number of rotatable bonds is 2. The summed E-state index contributed by atoms with van der Waals surface area (Å²) < 4.78 is 2.35. The molecule has 0 saturated carbocycles. The zero-order valence-electron chi connectivity index (χ0n) is 6.60. The molecule has 50 valence electrons. The molecule has 2 heteroatoms. The minimum atomic E-state index is -0.662. The lowest BCUT2D eigenvalue weighted by Gasteiger charge is -2.22. The van der Waals surface area contributed by atoms with Gasteiger partial charge in [0.25, 0.3) is 0 Å². The van der Waals surface area contributed by atoms with E-state index in [-0.39, 0.29) is 0 Å². The van der Waals surface area contributed by atoms with E-state index in [2.05, 4.69) is 39.0 Å². The van der Waals surface area contributed by atoms with Gasteiger partial charge in [0.2, 0.25) is 0 Å². The van der Waals surface area contributed by atoms with Crippen molar-refractivity contribution in [1.82, 2.24) is 4.67 Å². The van der Waals surface area contributed by atoms with Gasteiger partial charge in [-0.15, -0.1) is 0 Å². The minimum absolute atomic E-state index is 0.662. The Morgan fingerprint density at radius 1 is 1.25 bits per heavy atom. The summed E-state index contributed by atoms with van der Waals surface area (Å²) in [5.41, 5.74) is 0. The summed E-state index contributed by atoms with van der Waals surface area (Å²) in [6.07, 6.45) is 1.32. The van der Waals surface area contributed by atoms with Crippen molar-refractivity contribution >= 4 is 7.41 Å². The van der Waals surface area contributed by atoms with E-state index in [1.165, 1.54) is 6.16 Å². The van der Waals surface area contributed by atoms with Gasteiger partial charge in [0, 0.05) is 14.1 Å². The van der Waals surface area contributed by atoms with E-state index in [0.717, 1.165) is 0 Å². The topological polar surface area (TPSA) is 3.24 Å². The number of hydrogen-bond acceptors (Lipinski definition) is 1. The Morgan fingerprint density at radius 2 is 1.62 bits per heavy atom. The third kappa shape index (κ3) is 2.11. The first-order valence-corrected chi connectivity index (χ1v) is 5.83. The summed E-state index contributed by atoms with van der Waals surface area (Å²) in [4.78, 5) is 0. The molecule has 1 nitrogen and oxygen atoms in total. The Kier molecular flexibility index (Phi) is 2.93. The van der Waals surface area contributed by atoms with Crippen molar-refractivity contribution in [3.63, 3.8) is 0 Å². The van der Waals surface area contributed by atoms with E-state index in [1.807, 2.05) is 0 Å². The second kappa shape index (κ2) is 2.80. The fraction of sp³-hybridized carbons (Fsp3) is 1.00. The highest BCUT2D eigenvalue weighted by molar-refractivity contribution is 7.72. The van der Waals surface area contributed by atoms with E-state index in [9.17, 15) is 0 Å². The van der Waals surface area contributed by atoms with Gasteiger partial charge in [-0.2, -0.15) is 4.67 Å². The van der Waals surface area contributed by atoms with Crippen molar-refractivity contribution in [2.24, 2.45) is 0 Å². The summed E-state index contributed by atoms with van der Waals surface area (Å²) in [6, 6.07) is 0. The number of nitrogens with zero attached hydrogens (tertiary/aromatic N) is 1. The molecule has 0 aliphatic heterocycles. The Hall–Kier alpha value is 0.390. The predicted molar refractivity (Wildman–Crippen MR) is 43.0 cm³/mol. The highest BCUT2D eigenvalue weighted by atomic mass is 31.2. The summed E-state index contributed by atoms with van der Waals surface area (Å²) in [5.74, 6) is 0. The van der Waals surface area contributed by atoms with Gasteiger partial charge < -0.3 is 0 Å². The third-order valence-electron chi connectivity index (χ3n) is 1.86. The fourth-order valence-electron chi connectivity index (χ4n) is 0.283. The molecule has 0 aliphatic carbocycles. The van der Waals surface area contributed by atoms with E-state index >= 15 is 0 Å². The molecule has 0 aromatic carbocycles. The van der Waals surface area contributed by atoms with Crippen LogP contribution < -0.4 is 0 Å². The monoisotopic (exact) mass is 134 g/mol. The molecule has 0 radical (unpaired) electrons. The molecule has 0 bridgehead atoms. The van der Waals surface area contributed by atoms with Crippen LogP contribution in [0.5, 0.6) is 0 Å². The molecule has 0 rings (SSSR count). The maximum Gasteiger partial charge on any atom is 0.0761 e. The van der Waals surface area contributed by atoms with Crippen molar-refractivity contribution in [2.75, 3.05) is 33.6 Å². The standard InChI is InChI=1S/C6H17NP/c1-6-8(4,5)7(2)3/h6H2,1-5H3/q+1. The second-order valence-electron chi connectivity index (χ2n) is 2.78. The Balaban J connectivity index is 3.71. The molecule has 0 aromatic rings. The van der Waals surface area contributed by atoms with Crippen LogP contribution in [0.15, 0.2) is 0 Å². The number of hydrogen-bond donors (Lipinski definition) is 0. The van der Waals surface area contributed by atoms with Crippen LogP contribution in [0.2, 0.25) is 0 Å². The molecule has 0 aromatic heterocycles. The van der Waals surface area contributed by atoms with E-state index in [0.29, 0.717) is 0 Å². The van der Waals surface area contributed by atoms with Crippen LogP contribution in [-0.2, 0) is 0 Å². The zero-order chi connectivity index (χ0) is 6.78. The first kappa shape index (κ1) is 8.39. The Morgan fingerprint density at radius 3 is 1.62 bits per heavy atom. The molecule has 0 spiro atoms. The van der Waals surface area contributed by atoms with Crippen LogP contribution in [-0.4, -0.2) is 38.3 Å². The molecular weight excluding hydrogens is 117 g/mol. The average Bonchev–Trinajstić information content (AvgIpc) is 1.67. The smallest absolute Gasteiger partial charge is 0.0761 e. The molecule has 0 aliphatic rings. The summed E-state index contributed by atoms with van der Waals surface area (Å²) in [7, 11) is 3.67. The lowest BCUT2D eigenvalue weighted by atomic mass is 11.0. The Bertz CT molecular complexity index is 68.9. The van der Waals surface area contributed by atoms with Gasteiger partial charge in [0.15, 0.2) is 0 Å². The van der Waals surface area contributed by atoms with E-state index < -0.39 is 7.41 Å². The quantitative estimate of drug-likeness (QED) is 0.520. The predicted octanol–water partition coefficient (Wildman–Crippen LogP) is 1.76. The largest absolute Gasteiger partial charge is 0.187 e. The zero-order valence-corrected chi connectivity index (χ0v) is 7.50. The van der Waals surface area contributed by atoms with Gasteiger partial charge in [0.05, 0.1) is 26.9 Å². The van der Waals surface area contributed by atoms with E-state index in [1.54, 1.807) is 0 Å². The first-order chi connectivity index (χ1) is 3.50. The summed E-state index contributed by atoms with van der Waals surface area (Å²) >= 11 is 0. The van der Waals surface area contributed by atoms with Gasteiger partial charge in [-0.05, 0) is 6.92 Å². The summed E-state index contributed by atoms with van der Waals surface area (Å²) in [5, 5.41) is 0. The molecule has 0 fully saturated rings. The van der Waals surface area contributed by atoms with Crippen LogP contribution in [0.1, 0.15) is 6.92 Å². The maximum atomic E-state index is 2.35. The van der Waals surface area contributed by atoms with Gasteiger partial charge >= 0.3 is 0 Å². The Labute approximate surface area is 53.5 Å². The van der Waals surface area contributed by atoms with Gasteiger partial charge in [-0.25, -0.2) is 0 Å². The van der Waals surface area contributed by atoms with Crippen molar-refractivity contribution in [2.45, 2.75) is 6.92 Å². The summed E-state index contributed by atoms with van der Waals surface area (Å²) in [6.45, 7) is 6.97. The van der Waals surface area contributed by atoms with Crippen LogP contribution >= 0.6 is 7.41 Å². The molecular formula is C6H17NP+. The molecule has 0 heterocycles. The lowest BCUT2D eigenvalue weighted by Crippen LogP contribution is -2.13.